The second-order valence-electron chi connectivity index (χ2n) is 10.4. The minimum atomic E-state index is -0.891. The van der Waals surface area contributed by atoms with Gasteiger partial charge >= 0.3 is 0 Å². The van der Waals surface area contributed by atoms with E-state index in [1.165, 1.54) is 12.0 Å². The number of carbonyl (C=O) groups excluding carboxylic acids is 1. The molecule has 2 nitrogen and oxygen atoms in total. The van der Waals surface area contributed by atoms with E-state index >= 15 is 0 Å². The SMILES string of the molecule is C[C@]12CCC(=O)C=C1CC[C@@H]1[C@H]3CC[C@@](O)(C#Cc4ccccc4)[C@@]3(C)CC[C@@H]12. The van der Waals surface area contributed by atoms with Gasteiger partial charge < -0.3 is 5.11 Å². The zero-order valence-corrected chi connectivity index (χ0v) is 17.7. The van der Waals surface area contributed by atoms with Crippen LogP contribution in [0.3, 0.4) is 0 Å². The average Bonchev–Trinajstić information content (AvgIpc) is 2.99. The summed E-state index contributed by atoms with van der Waals surface area (Å²) in [4.78, 5) is 12.0. The highest BCUT2D eigenvalue weighted by atomic mass is 16.3. The maximum atomic E-state index is 12.0. The summed E-state index contributed by atoms with van der Waals surface area (Å²) in [5, 5.41) is 11.7. The van der Waals surface area contributed by atoms with Gasteiger partial charge in [0.15, 0.2) is 5.78 Å². The van der Waals surface area contributed by atoms with Crippen LogP contribution >= 0.6 is 0 Å². The molecule has 0 heterocycles. The van der Waals surface area contributed by atoms with Crippen LogP contribution in [0.1, 0.15) is 70.8 Å². The summed E-state index contributed by atoms with van der Waals surface area (Å²) in [6.07, 6.45) is 9.97. The third kappa shape index (κ3) is 2.77. The summed E-state index contributed by atoms with van der Waals surface area (Å²) in [5.41, 5.74) is 1.56. The molecule has 0 amide bonds. The number of carbonyl (C=O) groups is 1. The van der Waals surface area contributed by atoms with Crippen molar-refractivity contribution in [3.63, 3.8) is 0 Å². The van der Waals surface area contributed by atoms with E-state index in [4.69, 9.17) is 0 Å². The molecule has 6 atom stereocenters. The number of fused-ring (bicyclic) bond motifs is 5. The summed E-state index contributed by atoms with van der Waals surface area (Å²) in [6.45, 7) is 4.72. The quantitative estimate of drug-likeness (QED) is 0.612. The molecule has 4 aliphatic rings. The molecule has 4 aliphatic carbocycles. The molecule has 0 spiro atoms. The summed E-state index contributed by atoms with van der Waals surface area (Å²) >= 11 is 0. The van der Waals surface area contributed by atoms with Gasteiger partial charge in [0.1, 0.15) is 5.60 Å². The maximum absolute atomic E-state index is 12.0. The predicted molar refractivity (Wildman–Crippen MR) is 115 cm³/mol. The Morgan fingerprint density at radius 2 is 1.72 bits per heavy atom. The van der Waals surface area contributed by atoms with Gasteiger partial charge in [0.25, 0.3) is 0 Å². The number of hydrogen-bond donors (Lipinski definition) is 1. The second-order valence-corrected chi connectivity index (χ2v) is 10.4. The minimum absolute atomic E-state index is 0.127. The fourth-order valence-electron chi connectivity index (χ4n) is 7.48. The van der Waals surface area contributed by atoms with E-state index in [1.54, 1.807) is 0 Å². The standard InChI is InChI=1S/C27H32O2/c1-25-14-11-21(28)18-20(25)8-9-22-23(25)12-15-26(2)24(22)13-17-27(26,29)16-10-19-6-4-3-5-7-19/h3-7,18,22-24,29H,8-9,11-15,17H2,1-2H3/t22-,23-,24+,25-,26-,27-/m0/s1. The molecule has 29 heavy (non-hydrogen) atoms. The molecule has 1 aromatic rings. The van der Waals surface area contributed by atoms with Gasteiger partial charge in [-0.15, -0.1) is 0 Å². The largest absolute Gasteiger partial charge is 0.377 e. The lowest BCUT2D eigenvalue weighted by Crippen LogP contribution is -2.54. The first-order valence-electron chi connectivity index (χ1n) is 11.4. The smallest absolute Gasteiger partial charge is 0.155 e. The van der Waals surface area contributed by atoms with Crippen LogP contribution in [0.15, 0.2) is 42.0 Å². The molecular weight excluding hydrogens is 356 g/mol. The van der Waals surface area contributed by atoms with Crippen molar-refractivity contribution in [3.05, 3.63) is 47.5 Å². The topological polar surface area (TPSA) is 37.3 Å². The lowest BCUT2D eigenvalue weighted by Gasteiger charge is -2.58. The summed E-state index contributed by atoms with van der Waals surface area (Å²) in [6, 6.07) is 10.0. The van der Waals surface area contributed by atoms with Crippen LogP contribution in [0.2, 0.25) is 0 Å². The molecule has 3 fully saturated rings. The van der Waals surface area contributed by atoms with Gasteiger partial charge in [-0.1, -0.05) is 49.5 Å². The lowest BCUT2D eigenvalue weighted by molar-refractivity contribution is -0.119. The molecule has 1 aromatic carbocycles. The summed E-state index contributed by atoms with van der Waals surface area (Å²) < 4.78 is 0. The Morgan fingerprint density at radius 1 is 0.966 bits per heavy atom. The van der Waals surface area contributed by atoms with E-state index in [2.05, 4.69) is 25.7 Å². The Labute approximate surface area is 174 Å². The van der Waals surface area contributed by atoms with Crippen molar-refractivity contribution >= 4 is 5.78 Å². The van der Waals surface area contributed by atoms with E-state index < -0.39 is 5.60 Å². The zero-order valence-electron chi connectivity index (χ0n) is 17.7. The molecule has 1 N–H and O–H groups in total. The number of hydrogen-bond acceptors (Lipinski definition) is 2. The first-order chi connectivity index (χ1) is 13.9. The van der Waals surface area contributed by atoms with Crippen LogP contribution in [-0.2, 0) is 4.79 Å². The number of benzene rings is 1. The van der Waals surface area contributed by atoms with Crippen LogP contribution in [0, 0.1) is 40.4 Å². The van der Waals surface area contributed by atoms with Crippen LogP contribution in [0.5, 0.6) is 0 Å². The van der Waals surface area contributed by atoms with Crippen molar-refractivity contribution in [1.29, 1.82) is 0 Å². The van der Waals surface area contributed by atoms with Gasteiger partial charge in [0.05, 0.1) is 0 Å². The summed E-state index contributed by atoms with van der Waals surface area (Å²) in [5.74, 6) is 8.76. The first-order valence-corrected chi connectivity index (χ1v) is 11.4. The molecule has 5 rings (SSSR count). The Kier molecular flexibility index (Phi) is 4.34. The highest BCUT2D eigenvalue weighted by Crippen LogP contribution is 2.67. The van der Waals surface area contributed by atoms with E-state index in [-0.39, 0.29) is 10.8 Å². The van der Waals surface area contributed by atoms with Gasteiger partial charge in [-0.05, 0) is 86.3 Å². The fraction of sp³-hybridized carbons (Fsp3) is 0.593. The normalized spacial score (nSPS) is 43.3. The van der Waals surface area contributed by atoms with Gasteiger partial charge in [-0.25, -0.2) is 0 Å². The second kappa shape index (κ2) is 6.58. The molecular formula is C27H32O2. The number of allylic oxidation sites excluding steroid dienone is 1. The van der Waals surface area contributed by atoms with Gasteiger partial charge in [0, 0.05) is 17.4 Å². The van der Waals surface area contributed by atoms with Crippen molar-refractivity contribution in [3.8, 4) is 11.8 Å². The van der Waals surface area contributed by atoms with Crippen molar-refractivity contribution in [2.24, 2.45) is 28.6 Å². The first kappa shape index (κ1) is 19.1. The Hall–Kier alpha value is -1.85. The minimum Gasteiger partial charge on any atom is -0.377 e. The van der Waals surface area contributed by atoms with Crippen LogP contribution < -0.4 is 0 Å². The molecule has 3 saturated carbocycles. The van der Waals surface area contributed by atoms with Gasteiger partial charge in [-0.2, -0.15) is 0 Å². The molecule has 0 aromatic heterocycles. The van der Waals surface area contributed by atoms with Crippen molar-refractivity contribution < 1.29 is 9.90 Å². The van der Waals surface area contributed by atoms with E-state index in [0.717, 1.165) is 44.1 Å². The number of aliphatic hydroxyl groups is 1. The molecule has 0 radical (unpaired) electrons. The number of rotatable bonds is 0. The third-order valence-corrected chi connectivity index (χ3v) is 9.30. The zero-order chi connectivity index (χ0) is 20.3. The van der Waals surface area contributed by atoms with E-state index in [1.807, 2.05) is 36.4 Å². The van der Waals surface area contributed by atoms with Crippen molar-refractivity contribution in [2.45, 2.75) is 70.8 Å². The lowest BCUT2D eigenvalue weighted by atomic mass is 9.46. The third-order valence-electron chi connectivity index (χ3n) is 9.30. The maximum Gasteiger partial charge on any atom is 0.155 e. The van der Waals surface area contributed by atoms with Crippen LogP contribution in [0.4, 0.5) is 0 Å². The van der Waals surface area contributed by atoms with E-state index in [9.17, 15) is 9.90 Å². The van der Waals surface area contributed by atoms with Crippen molar-refractivity contribution in [2.75, 3.05) is 0 Å². The predicted octanol–water partition coefficient (Wildman–Crippen LogP) is 5.30. The van der Waals surface area contributed by atoms with E-state index in [0.29, 0.717) is 30.0 Å². The fourth-order valence-corrected chi connectivity index (χ4v) is 7.48. The summed E-state index contributed by atoms with van der Waals surface area (Å²) in [7, 11) is 0. The van der Waals surface area contributed by atoms with Crippen LogP contribution in [-0.4, -0.2) is 16.5 Å². The van der Waals surface area contributed by atoms with Gasteiger partial charge in [-0.3, -0.25) is 4.79 Å². The van der Waals surface area contributed by atoms with Gasteiger partial charge in [0.2, 0.25) is 0 Å². The highest BCUT2D eigenvalue weighted by molar-refractivity contribution is 5.91. The molecule has 2 heteroatoms. The monoisotopic (exact) mass is 388 g/mol. The number of ketones is 1. The Balaban J connectivity index is 1.45. The Bertz CT molecular complexity index is 919. The molecule has 0 aliphatic heterocycles. The Morgan fingerprint density at radius 3 is 2.52 bits per heavy atom. The highest BCUT2D eigenvalue weighted by Gasteiger charge is 2.63. The van der Waals surface area contributed by atoms with Crippen LogP contribution in [0.25, 0.3) is 0 Å². The molecule has 0 bridgehead atoms. The average molecular weight is 389 g/mol. The van der Waals surface area contributed by atoms with Crippen molar-refractivity contribution in [1.82, 2.24) is 0 Å². The molecule has 152 valence electrons. The molecule has 0 unspecified atom stereocenters. The molecule has 0 saturated heterocycles.